The number of aromatic nitrogens is 2. The third kappa shape index (κ3) is 5.68. The Morgan fingerprint density at radius 3 is 2.46 bits per heavy atom. The molecule has 35 heavy (non-hydrogen) atoms. The number of para-hydroxylation sites is 1. The van der Waals surface area contributed by atoms with E-state index in [-0.39, 0.29) is 39.5 Å². The van der Waals surface area contributed by atoms with Crippen molar-refractivity contribution in [3.05, 3.63) is 82.4 Å². The number of thiazole rings is 1. The summed E-state index contributed by atoms with van der Waals surface area (Å²) in [4.78, 5) is 20.7. The molecule has 0 amide bonds. The van der Waals surface area contributed by atoms with Gasteiger partial charge in [-0.1, -0.05) is 18.2 Å². The summed E-state index contributed by atoms with van der Waals surface area (Å²) in [7, 11) is -3.57. The number of hydrogen-bond donors (Lipinski definition) is 0. The number of pyridine rings is 1. The largest absolute Gasteiger partial charge is 0.482 e. The molecule has 6 nitrogen and oxygen atoms in total. The van der Waals surface area contributed by atoms with Crippen molar-refractivity contribution in [2.45, 2.75) is 36.3 Å². The van der Waals surface area contributed by atoms with Gasteiger partial charge < -0.3 is 4.74 Å². The van der Waals surface area contributed by atoms with Crippen LogP contribution in [0, 0.1) is 0 Å². The third-order valence-corrected chi connectivity index (χ3v) is 7.86. The van der Waals surface area contributed by atoms with E-state index in [9.17, 15) is 26.4 Å². The molecule has 0 bridgehead atoms. The predicted molar refractivity (Wildman–Crippen MR) is 125 cm³/mol. The maximum atomic E-state index is 13.3. The molecule has 0 fully saturated rings. The van der Waals surface area contributed by atoms with E-state index in [1.54, 1.807) is 17.5 Å². The average Bonchev–Trinajstić information content (AvgIpc) is 3.31. The van der Waals surface area contributed by atoms with Crippen molar-refractivity contribution in [2.75, 3.05) is 0 Å². The van der Waals surface area contributed by atoms with E-state index < -0.39 is 27.7 Å². The van der Waals surface area contributed by atoms with Crippen LogP contribution in [0.1, 0.15) is 23.1 Å². The SMILES string of the molecule is CC(Oc1ccnc2c(C(F)(F)F)cccc12)C(=O)Cc1ccc(S(=O)(=O)Cc2nccs2)cc1. The highest BCUT2D eigenvalue weighted by Crippen LogP contribution is 2.36. The molecule has 0 radical (unpaired) electrons. The maximum absolute atomic E-state index is 13.3. The van der Waals surface area contributed by atoms with Crippen LogP contribution in [0.25, 0.3) is 10.9 Å². The topological polar surface area (TPSA) is 86.2 Å². The number of carbonyl (C=O) groups excluding carboxylic acids is 1. The van der Waals surface area contributed by atoms with Crippen LogP contribution in [0.5, 0.6) is 5.75 Å². The van der Waals surface area contributed by atoms with Crippen molar-refractivity contribution in [1.82, 2.24) is 9.97 Å². The van der Waals surface area contributed by atoms with Crippen LogP contribution in [0.4, 0.5) is 13.2 Å². The van der Waals surface area contributed by atoms with Crippen LogP contribution in [0.15, 0.2) is 71.2 Å². The normalized spacial score (nSPS) is 13.0. The fourth-order valence-corrected chi connectivity index (χ4v) is 5.72. The van der Waals surface area contributed by atoms with Crippen LogP contribution in [0.2, 0.25) is 0 Å². The highest BCUT2D eigenvalue weighted by molar-refractivity contribution is 7.90. The summed E-state index contributed by atoms with van der Waals surface area (Å²) in [5.74, 6) is -0.407. The zero-order chi connectivity index (χ0) is 25.2. The average molecular weight is 521 g/mol. The number of Topliss-reactive ketones (excluding diaryl/α,β-unsaturated/α-hetero) is 1. The molecule has 0 N–H and O–H groups in total. The summed E-state index contributed by atoms with van der Waals surface area (Å²) in [5, 5.41) is 2.34. The lowest BCUT2D eigenvalue weighted by Crippen LogP contribution is -2.25. The zero-order valence-corrected chi connectivity index (χ0v) is 20.0. The first-order chi connectivity index (χ1) is 16.5. The van der Waals surface area contributed by atoms with E-state index in [0.29, 0.717) is 10.6 Å². The van der Waals surface area contributed by atoms with Crippen molar-refractivity contribution >= 4 is 37.9 Å². The minimum Gasteiger partial charge on any atom is -0.482 e. The molecule has 0 saturated carbocycles. The number of halogens is 3. The molecule has 2 heterocycles. The number of carbonyl (C=O) groups is 1. The maximum Gasteiger partial charge on any atom is 0.418 e. The van der Waals surface area contributed by atoms with Gasteiger partial charge in [-0.3, -0.25) is 9.78 Å². The van der Waals surface area contributed by atoms with Crippen molar-refractivity contribution in [3.8, 4) is 5.75 Å². The minimum absolute atomic E-state index is 0.0369. The second-order valence-electron chi connectivity index (χ2n) is 7.74. The van der Waals surface area contributed by atoms with Crippen LogP contribution < -0.4 is 4.74 Å². The van der Waals surface area contributed by atoms with Crippen molar-refractivity contribution in [3.63, 3.8) is 0 Å². The van der Waals surface area contributed by atoms with Gasteiger partial charge in [0, 0.05) is 29.6 Å². The number of rotatable bonds is 8. The highest BCUT2D eigenvalue weighted by atomic mass is 32.2. The van der Waals surface area contributed by atoms with Gasteiger partial charge in [-0.25, -0.2) is 13.4 Å². The smallest absolute Gasteiger partial charge is 0.418 e. The van der Waals surface area contributed by atoms with Gasteiger partial charge in [0.1, 0.15) is 16.5 Å². The number of benzene rings is 2. The van der Waals surface area contributed by atoms with Gasteiger partial charge in [-0.05, 0) is 42.8 Å². The lowest BCUT2D eigenvalue weighted by atomic mass is 10.1. The fraction of sp³-hybridized carbons (Fsp3) is 0.208. The lowest BCUT2D eigenvalue weighted by Gasteiger charge is -2.17. The Morgan fingerprint density at radius 2 is 1.80 bits per heavy atom. The summed E-state index contributed by atoms with van der Waals surface area (Å²) in [5.41, 5.74) is -0.561. The Hall–Kier alpha value is -3.31. The highest BCUT2D eigenvalue weighted by Gasteiger charge is 2.33. The van der Waals surface area contributed by atoms with E-state index in [4.69, 9.17) is 4.74 Å². The second kappa shape index (κ2) is 9.74. The van der Waals surface area contributed by atoms with Gasteiger partial charge in [0.25, 0.3) is 0 Å². The minimum atomic E-state index is -4.58. The standard InChI is InChI=1S/C24H19F3N2O4S2/c1-15(33-21-9-10-29-23-18(21)3-2-4-19(23)24(25,26)27)20(30)13-16-5-7-17(8-6-16)35(31,32)14-22-28-11-12-34-22/h2-12,15H,13-14H2,1H3. The van der Waals surface area contributed by atoms with E-state index in [0.717, 1.165) is 6.07 Å². The molecule has 0 aliphatic heterocycles. The first kappa shape index (κ1) is 24.8. The van der Waals surface area contributed by atoms with Crippen LogP contribution in [-0.2, 0) is 33.0 Å². The van der Waals surface area contributed by atoms with Gasteiger partial charge in [0.05, 0.1) is 16.0 Å². The van der Waals surface area contributed by atoms with E-state index in [1.165, 1.54) is 61.0 Å². The number of hydrogen-bond acceptors (Lipinski definition) is 7. The summed E-state index contributed by atoms with van der Waals surface area (Å²) < 4.78 is 70.7. The lowest BCUT2D eigenvalue weighted by molar-refractivity contribution is -0.136. The molecule has 4 rings (SSSR count). The first-order valence-electron chi connectivity index (χ1n) is 10.4. The molecule has 2 aromatic heterocycles. The van der Waals surface area contributed by atoms with Gasteiger partial charge in [0.15, 0.2) is 21.7 Å². The Kier molecular flexibility index (Phi) is 6.91. The number of fused-ring (bicyclic) bond motifs is 1. The molecule has 0 spiro atoms. The third-order valence-electron chi connectivity index (χ3n) is 5.25. The molecule has 182 valence electrons. The number of nitrogens with zero attached hydrogens (tertiary/aromatic N) is 2. The molecule has 1 atom stereocenters. The molecular formula is C24H19F3N2O4S2. The molecule has 0 aliphatic carbocycles. The quantitative estimate of drug-likeness (QED) is 0.315. The van der Waals surface area contributed by atoms with Crippen molar-refractivity contribution < 1.29 is 31.1 Å². The number of ether oxygens (including phenoxy) is 1. The molecular weight excluding hydrogens is 501 g/mol. The Balaban J connectivity index is 1.46. The summed E-state index contributed by atoms with van der Waals surface area (Å²) in [6.07, 6.45) is -2.83. The molecule has 11 heteroatoms. The Labute approximate surface area is 203 Å². The molecule has 4 aromatic rings. The molecule has 0 saturated heterocycles. The number of alkyl halides is 3. The number of sulfone groups is 1. The van der Waals surface area contributed by atoms with Gasteiger partial charge >= 0.3 is 6.18 Å². The monoisotopic (exact) mass is 520 g/mol. The Bertz CT molecular complexity index is 1450. The summed E-state index contributed by atoms with van der Waals surface area (Å²) in [6.45, 7) is 1.51. The number of ketones is 1. The predicted octanol–water partition coefficient (Wildman–Crippen LogP) is 5.26. The van der Waals surface area contributed by atoms with E-state index >= 15 is 0 Å². The molecule has 1 unspecified atom stereocenters. The van der Waals surface area contributed by atoms with Gasteiger partial charge in [0.2, 0.25) is 0 Å². The molecule has 0 aliphatic rings. The van der Waals surface area contributed by atoms with E-state index in [1.807, 2.05) is 0 Å². The Morgan fingerprint density at radius 1 is 1.06 bits per heavy atom. The van der Waals surface area contributed by atoms with E-state index in [2.05, 4.69) is 9.97 Å². The van der Waals surface area contributed by atoms with Crippen molar-refractivity contribution in [1.29, 1.82) is 0 Å². The second-order valence-corrected chi connectivity index (χ2v) is 10.7. The van der Waals surface area contributed by atoms with Crippen molar-refractivity contribution in [2.24, 2.45) is 0 Å². The van der Waals surface area contributed by atoms with Crippen LogP contribution in [-0.4, -0.2) is 30.3 Å². The molecule has 2 aromatic carbocycles. The summed E-state index contributed by atoms with van der Waals surface area (Å²) >= 11 is 1.25. The fourth-order valence-electron chi connectivity index (χ4n) is 3.47. The van der Waals surface area contributed by atoms with Crippen LogP contribution in [0.3, 0.4) is 0 Å². The first-order valence-corrected chi connectivity index (χ1v) is 12.9. The van der Waals surface area contributed by atoms with Gasteiger partial charge in [-0.2, -0.15) is 13.2 Å². The zero-order valence-electron chi connectivity index (χ0n) is 18.3. The van der Waals surface area contributed by atoms with Crippen LogP contribution >= 0.6 is 11.3 Å². The summed E-state index contributed by atoms with van der Waals surface area (Å²) in [6, 6.07) is 11.0. The van der Waals surface area contributed by atoms with Gasteiger partial charge in [-0.15, -0.1) is 11.3 Å².